The highest BCUT2D eigenvalue weighted by atomic mass is 16.5. The SMILES string of the molecule is COCCc1cccc(-c2cc(O)cc(O)c2)c1N. The van der Waals surface area contributed by atoms with E-state index in [4.69, 9.17) is 10.5 Å². The lowest BCUT2D eigenvalue weighted by Crippen LogP contribution is -2.01. The van der Waals surface area contributed by atoms with Crippen molar-refractivity contribution in [2.24, 2.45) is 0 Å². The first-order chi connectivity index (χ1) is 9.11. The van der Waals surface area contributed by atoms with E-state index in [1.54, 1.807) is 19.2 Å². The monoisotopic (exact) mass is 259 g/mol. The molecule has 4 nitrogen and oxygen atoms in total. The fourth-order valence-corrected chi connectivity index (χ4v) is 2.05. The van der Waals surface area contributed by atoms with E-state index in [1.165, 1.54) is 6.07 Å². The molecule has 0 aliphatic rings. The molecule has 0 unspecified atom stereocenters. The van der Waals surface area contributed by atoms with Gasteiger partial charge in [0.25, 0.3) is 0 Å². The predicted octanol–water partition coefficient (Wildman–Crippen LogP) is 2.54. The summed E-state index contributed by atoms with van der Waals surface area (Å²) in [5.74, 6) is 0.0217. The van der Waals surface area contributed by atoms with Crippen LogP contribution in [-0.4, -0.2) is 23.9 Å². The van der Waals surface area contributed by atoms with Crippen LogP contribution < -0.4 is 5.73 Å². The van der Waals surface area contributed by atoms with Gasteiger partial charge in [0.1, 0.15) is 11.5 Å². The number of methoxy groups -OCH3 is 1. The predicted molar refractivity (Wildman–Crippen MR) is 75.2 cm³/mol. The van der Waals surface area contributed by atoms with Crippen molar-refractivity contribution in [3.05, 3.63) is 42.0 Å². The second-order valence-corrected chi connectivity index (χ2v) is 4.36. The fourth-order valence-electron chi connectivity index (χ4n) is 2.05. The van der Waals surface area contributed by atoms with Crippen LogP contribution in [-0.2, 0) is 11.2 Å². The van der Waals surface area contributed by atoms with Crippen LogP contribution in [0.3, 0.4) is 0 Å². The maximum Gasteiger partial charge on any atom is 0.119 e. The van der Waals surface area contributed by atoms with Crippen molar-refractivity contribution in [1.29, 1.82) is 0 Å². The third-order valence-electron chi connectivity index (χ3n) is 2.99. The van der Waals surface area contributed by atoms with Gasteiger partial charge in [-0.25, -0.2) is 0 Å². The number of para-hydroxylation sites is 1. The summed E-state index contributed by atoms with van der Waals surface area (Å²) < 4.78 is 5.05. The number of hydrogen-bond acceptors (Lipinski definition) is 4. The lowest BCUT2D eigenvalue weighted by molar-refractivity contribution is 0.202. The van der Waals surface area contributed by atoms with Gasteiger partial charge in [0.2, 0.25) is 0 Å². The topological polar surface area (TPSA) is 75.7 Å². The molecule has 0 spiro atoms. The number of nitrogens with two attached hydrogens (primary N) is 1. The Bertz CT molecular complexity index is 561. The van der Waals surface area contributed by atoms with E-state index in [9.17, 15) is 10.2 Å². The highest BCUT2D eigenvalue weighted by Crippen LogP contribution is 2.33. The Morgan fingerprint density at radius 2 is 1.79 bits per heavy atom. The van der Waals surface area contributed by atoms with E-state index in [0.29, 0.717) is 17.9 Å². The number of phenolic OH excluding ortho intramolecular Hbond substituents is 2. The molecule has 0 aliphatic carbocycles. The van der Waals surface area contributed by atoms with Crippen LogP contribution in [0, 0.1) is 0 Å². The molecule has 0 aliphatic heterocycles. The summed E-state index contributed by atoms with van der Waals surface area (Å²) in [6.07, 6.45) is 0.723. The van der Waals surface area contributed by atoms with E-state index >= 15 is 0 Å². The third-order valence-corrected chi connectivity index (χ3v) is 2.99. The first-order valence-electron chi connectivity index (χ1n) is 6.01. The van der Waals surface area contributed by atoms with Crippen molar-refractivity contribution in [2.45, 2.75) is 6.42 Å². The Morgan fingerprint density at radius 1 is 1.11 bits per heavy atom. The zero-order valence-corrected chi connectivity index (χ0v) is 10.8. The van der Waals surface area contributed by atoms with Crippen molar-refractivity contribution in [1.82, 2.24) is 0 Å². The van der Waals surface area contributed by atoms with Gasteiger partial charge in [-0.1, -0.05) is 18.2 Å². The van der Waals surface area contributed by atoms with E-state index in [-0.39, 0.29) is 11.5 Å². The standard InChI is InChI=1S/C15H17NO3/c1-19-6-5-10-3-2-4-14(15(10)16)11-7-12(17)9-13(18)8-11/h2-4,7-9,17-18H,5-6,16H2,1H3. The lowest BCUT2D eigenvalue weighted by atomic mass is 9.98. The molecule has 4 N–H and O–H groups in total. The van der Waals surface area contributed by atoms with Crippen LogP contribution >= 0.6 is 0 Å². The highest BCUT2D eigenvalue weighted by molar-refractivity contribution is 5.80. The first-order valence-corrected chi connectivity index (χ1v) is 6.01. The van der Waals surface area contributed by atoms with Gasteiger partial charge in [-0.3, -0.25) is 0 Å². The third kappa shape index (κ3) is 2.98. The number of hydrogen-bond donors (Lipinski definition) is 3. The lowest BCUT2D eigenvalue weighted by Gasteiger charge is -2.11. The van der Waals surface area contributed by atoms with Crippen molar-refractivity contribution < 1.29 is 14.9 Å². The molecule has 4 heteroatoms. The molecule has 100 valence electrons. The largest absolute Gasteiger partial charge is 0.508 e. The van der Waals surface area contributed by atoms with Gasteiger partial charge in [-0.15, -0.1) is 0 Å². The minimum Gasteiger partial charge on any atom is -0.508 e. The molecule has 0 heterocycles. The average molecular weight is 259 g/mol. The molecule has 2 aromatic carbocycles. The Labute approximate surface area is 112 Å². The molecule has 0 amide bonds. The maximum atomic E-state index is 9.54. The number of aromatic hydroxyl groups is 2. The van der Waals surface area contributed by atoms with Crippen LogP contribution in [0.1, 0.15) is 5.56 Å². The Hall–Kier alpha value is -2.20. The molecular formula is C15H17NO3. The van der Waals surface area contributed by atoms with Gasteiger partial charge in [-0.2, -0.15) is 0 Å². The minimum atomic E-state index is 0.0108. The molecular weight excluding hydrogens is 242 g/mol. The maximum absolute atomic E-state index is 9.54. The van der Waals surface area contributed by atoms with Gasteiger partial charge < -0.3 is 20.7 Å². The Morgan fingerprint density at radius 3 is 2.42 bits per heavy atom. The van der Waals surface area contributed by atoms with Crippen LogP contribution in [0.5, 0.6) is 11.5 Å². The van der Waals surface area contributed by atoms with E-state index in [1.807, 2.05) is 18.2 Å². The molecule has 0 aromatic heterocycles. The number of nitrogen functional groups attached to an aromatic ring is 1. The molecule has 2 aromatic rings. The second kappa shape index (κ2) is 5.63. The smallest absolute Gasteiger partial charge is 0.119 e. The minimum absolute atomic E-state index is 0.0108. The Balaban J connectivity index is 2.44. The molecule has 0 saturated carbocycles. The quantitative estimate of drug-likeness (QED) is 0.737. The summed E-state index contributed by atoms with van der Waals surface area (Å²) in [5, 5.41) is 19.1. The highest BCUT2D eigenvalue weighted by Gasteiger charge is 2.09. The van der Waals surface area contributed by atoms with Crippen molar-refractivity contribution in [2.75, 3.05) is 19.5 Å². The number of anilines is 1. The average Bonchev–Trinajstić information content (AvgIpc) is 2.36. The number of ether oxygens (including phenoxy) is 1. The molecule has 0 atom stereocenters. The summed E-state index contributed by atoms with van der Waals surface area (Å²) in [6, 6.07) is 10.1. The fraction of sp³-hybridized carbons (Fsp3) is 0.200. The van der Waals surface area contributed by atoms with E-state index < -0.39 is 0 Å². The molecule has 2 rings (SSSR count). The van der Waals surface area contributed by atoms with Gasteiger partial charge >= 0.3 is 0 Å². The van der Waals surface area contributed by atoms with Gasteiger partial charge in [0.05, 0.1) is 6.61 Å². The van der Waals surface area contributed by atoms with Gasteiger partial charge in [-0.05, 0) is 29.7 Å². The summed E-state index contributed by atoms with van der Waals surface area (Å²) >= 11 is 0. The second-order valence-electron chi connectivity index (χ2n) is 4.36. The summed E-state index contributed by atoms with van der Waals surface area (Å²) in [6.45, 7) is 0.596. The van der Waals surface area contributed by atoms with Crippen molar-refractivity contribution >= 4 is 5.69 Å². The zero-order valence-electron chi connectivity index (χ0n) is 10.8. The van der Waals surface area contributed by atoms with Crippen LogP contribution in [0.15, 0.2) is 36.4 Å². The molecule has 0 bridgehead atoms. The molecule has 0 fully saturated rings. The van der Waals surface area contributed by atoms with Crippen LogP contribution in [0.25, 0.3) is 11.1 Å². The first kappa shape index (κ1) is 13.2. The van der Waals surface area contributed by atoms with E-state index in [0.717, 1.165) is 17.5 Å². The van der Waals surface area contributed by atoms with Gasteiger partial charge in [0.15, 0.2) is 0 Å². The van der Waals surface area contributed by atoms with Crippen LogP contribution in [0.2, 0.25) is 0 Å². The molecule has 19 heavy (non-hydrogen) atoms. The summed E-state index contributed by atoms with van der Waals surface area (Å²) in [7, 11) is 1.65. The summed E-state index contributed by atoms with van der Waals surface area (Å²) in [4.78, 5) is 0. The summed E-state index contributed by atoms with van der Waals surface area (Å²) in [5.41, 5.74) is 9.25. The van der Waals surface area contributed by atoms with Crippen molar-refractivity contribution in [3.8, 4) is 22.6 Å². The van der Waals surface area contributed by atoms with Crippen LogP contribution in [0.4, 0.5) is 5.69 Å². The number of benzene rings is 2. The normalized spacial score (nSPS) is 10.6. The Kier molecular flexibility index (Phi) is 3.92. The number of rotatable bonds is 4. The van der Waals surface area contributed by atoms with Gasteiger partial charge in [0, 0.05) is 24.4 Å². The van der Waals surface area contributed by atoms with Crippen molar-refractivity contribution in [3.63, 3.8) is 0 Å². The molecule has 0 radical (unpaired) electrons. The zero-order chi connectivity index (χ0) is 13.8. The number of phenols is 2. The molecule has 0 saturated heterocycles. The van der Waals surface area contributed by atoms with E-state index in [2.05, 4.69) is 0 Å².